The molecule has 0 radical (unpaired) electrons. The summed E-state index contributed by atoms with van der Waals surface area (Å²) in [5.74, 6) is -0.299. The van der Waals surface area contributed by atoms with Crippen molar-refractivity contribution in [2.75, 3.05) is 10.6 Å². The molecule has 1 unspecified atom stereocenters. The van der Waals surface area contributed by atoms with Crippen molar-refractivity contribution in [1.29, 1.82) is 0 Å². The summed E-state index contributed by atoms with van der Waals surface area (Å²) >= 11 is 2.93. The predicted molar refractivity (Wildman–Crippen MR) is 166 cm³/mol. The molecule has 5 aromatic rings. The number of rotatable bonds is 8. The Morgan fingerprint density at radius 3 is 2.20 bits per heavy atom. The van der Waals surface area contributed by atoms with E-state index >= 15 is 0 Å². The molecule has 2 amide bonds. The van der Waals surface area contributed by atoms with E-state index in [9.17, 15) is 9.59 Å². The number of thiazole rings is 1. The molecule has 40 heavy (non-hydrogen) atoms. The zero-order valence-corrected chi connectivity index (χ0v) is 24.1. The molecular weight excluding hydrogens is 535 g/mol. The van der Waals surface area contributed by atoms with Gasteiger partial charge in [-0.25, -0.2) is 4.98 Å². The van der Waals surface area contributed by atoms with Crippen molar-refractivity contribution in [3.8, 4) is 11.3 Å². The van der Waals surface area contributed by atoms with Gasteiger partial charge in [0.2, 0.25) is 5.91 Å². The van der Waals surface area contributed by atoms with Crippen LogP contribution in [0.5, 0.6) is 0 Å². The van der Waals surface area contributed by atoms with E-state index in [-0.39, 0.29) is 11.8 Å². The summed E-state index contributed by atoms with van der Waals surface area (Å²) in [7, 11) is 0. The molecule has 0 aliphatic rings. The van der Waals surface area contributed by atoms with E-state index in [0.717, 1.165) is 32.2 Å². The number of hydrogen-bond acceptors (Lipinski definition) is 5. The predicted octanol–water partition coefficient (Wildman–Crippen LogP) is 8.46. The zero-order valence-electron chi connectivity index (χ0n) is 22.5. The number of thioether (sulfide) groups is 1. The standard InChI is InChI=1S/C33H29N3O2S2/c1-21-12-14-24(15-13-21)29-23(3)39-33(35-29)36-32(38)30(25-9-5-4-6-10-25)40-28-18-16-27(17-19-28)34-31(37)26-11-7-8-22(2)20-26/h4-20,30H,1-3H3,(H,34,37)(H,35,36,38). The molecule has 1 heterocycles. The average Bonchev–Trinajstić information content (AvgIpc) is 3.32. The first-order valence-electron chi connectivity index (χ1n) is 12.9. The molecule has 5 rings (SSSR count). The van der Waals surface area contributed by atoms with Gasteiger partial charge in [0.05, 0.1) is 5.69 Å². The Hall–Kier alpha value is -4.20. The highest BCUT2D eigenvalue weighted by Gasteiger charge is 2.24. The number of carbonyl (C=O) groups is 2. The highest BCUT2D eigenvalue weighted by Crippen LogP contribution is 2.38. The molecule has 0 bridgehead atoms. The molecule has 0 saturated carbocycles. The Kier molecular flexibility index (Phi) is 8.43. The van der Waals surface area contributed by atoms with Gasteiger partial charge in [-0.2, -0.15) is 0 Å². The van der Waals surface area contributed by atoms with Gasteiger partial charge in [0.1, 0.15) is 5.25 Å². The molecule has 0 saturated heterocycles. The minimum Gasteiger partial charge on any atom is -0.322 e. The highest BCUT2D eigenvalue weighted by molar-refractivity contribution is 8.00. The molecule has 4 aromatic carbocycles. The molecule has 7 heteroatoms. The Labute approximate surface area is 242 Å². The summed E-state index contributed by atoms with van der Waals surface area (Å²) in [5, 5.41) is 6.09. The normalized spacial score (nSPS) is 11.6. The minimum atomic E-state index is -0.485. The van der Waals surface area contributed by atoms with Crippen molar-refractivity contribution >= 4 is 45.7 Å². The summed E-state index contributed by atoms with van der Waals surface area (Å²) < 4.78 is 0. The van der Waals surface area contributed by atoms with E-state index in [1.54, 1.807) is 6.07 Å². The van der Waals surface area contributed by atoms with Crippen molar-refractivity contribution in [1.82, 2.24) is 4.98 Å². The van der Waals surface area contributed by atoms with Gasteiger partial charge < -0.3 is 10.6 Å². The molecule has 0 fully saturated rings. The molecule has 0 aliphatic carbocycles. The van der Waals surface area contributed by atoms with Crippen molar-refractivity contribution in [2.24, 2.45) is 0 Å². The number of nitrogens with zero attached hydrogens (tertiary/aromatic N) is 1. The van der Waals surface area contributed by atoms with Gasteiger partial charge in [-0.3, -0.25) is 9.59 Å². The van der Waals surface area contributed by atoms with Crippen LogP contribution in [0.4, 0.5) is 10.8 Å². The van der Waals surface area contributed by atoms with E-state index in [4.69, 9.17) is 4.98 Å². The van der Waals surface area contributed by atoms with Crippen LogP contribution in [-0.2, 0) is 4.79 Å². The summed E-state index contributed by atoms with van der Waals surface area (Å²) in [6, 6.07) is 33.0. The van der Waals surface area contributed by atoms with Gasteiger partial charge in [0.25, 0.3) is 5.91 Å². The summed E-state index contributed by atoms with van der Waals surface area (Å²) in [6.07, 6.45) is 0. The molecule has 5 nitrogen and oxygen atoms in total. The lowest BCUT2D eigenvalue weighted by molar-refractivity contribution is -0.115. The first-order chi connectivity index (χ1) is 19.4. The van der Waals surface area contributed by atoms with E-state index in [1.165, 1.54) is 28.7 Å². The molecule has 1 atom stereocenters. The Morgan fingerprint density at radius 1 is 0.775 bits per heavy atom. The largest absolute Gasteiger partial charge is 0.322 e. The van der Waals surface area contributed by atoms with Crippen molar-refractivity contribution in [2.45, 2.75) is 30.9 Å². The summed E-state index contributed by atoms with van der Waals surface area (Å²) in [6.45, 7) is 6.03. The lowest BCUT2D eigenvalue weighted by Crippen LogP contribution is -2.19. The Bertz CT molecular complexity index is 1630. The number of aromatic nitrogens is 1. The Morgan fingerprint density at radius 2 is 1.50 bits per heavy atom. The molecule has 0 aliphatic heterocycles. The molecule has 0 spiro atoms. The van der Waals surface area contributed by atoms with Crippen molar-refractivity contribution in [3.05, 3.63) is 130 Å². The van der Waals surface area contributed by atoms with Gasteiger partial charge in [0.15, 0.2) is 5.13 Å². The van der Waals surface area contributed by atoms with Crippen LogP contribution in [0, 0.1) is 20.8 Å². The fourth-order valence-corrected chi connectivity index (χ4v) is 6.11. The smallest absolute Gasteiger partial charge is 0.255 e. The van der Waals surface area contributed by atoms with Crippen LogP contribution in [0.1, 0.15) is 37.2 Å². The average molecular weight is 564 g/mol. The van der Waals surface area contributed by atoms with E-state index < -0.39 is 5.25 Å². The maximum Gasteiger partial charge on any atom is 0.255 e. The SMILES string of the molecule is Cc1ccc(-c2nc(NC(=O)C(Sc3ccc(NC(=O)c4cccc(C)c4)cc3)c3ccccc3)sc2C)cc1. The third-order valence-corrected chi connectivity index (χ3v) is 8.49. The molecular formula is C33H29N3O2S2. The first kappa shape index (κ1) is 27.4. The van der Waals surface area contributed by atoms with Gasteiger partial charge in [-0.05, 0) is 62.7 Å². The van der Waals surface area contributed by atoms with Crippen LogP contribution >= 0.6 is 23.1 Å². The topological polar surface area (TPSA) is 71.1 Å². The lowest BCUT2D eigenvalue weighted by atomic mass is 10.1. The quantitative estimate of drug-likeness (QED) is 0.186. The fourth-order valence-electron chi connectivity index (χ4n) is 4.24. The van der Waals surface area contributed by atoms with Crippen molar-refractivity contribution < 1.29 is 9.59 Å². The second-order valence-corrected chi connectivity index (χ2v) is 11.9. The van der Waals surface area contributed by atoms with Crippen LogP contribution in [0.15, 0.2) is 108 Å². The Balaban J connectivity index is 1.31. The molecule has 1 aromatic heterocycles. The zero-order chi connectivity index (χ0) is 28.1. The summed E-state index contributed by atoms with van der Waals surface area (Å²) in [4.78, 5) is 32.9. The number of carbonyl (C=O) groups excluding carboxylic acids is 2. The van der Waals surface area contributed by atoms with Gasteiger partial charge in [-0.15, -0.1) is 23.1 Å². The van der Waals surface area contributed by atoms with E-state index in [0.29, 0.717) is 16.4 Å². The second kappa shape index (κ2) is 12.3. The number of anilines is 2. The summed E-state index contributed by atoms with van der Waals surface area (Å²) in [5.41, 5.74) is 6.34. The molecule has 2 N–H and O–H groups in total. The van der Waals surface area contributed by atoms with E-state index in [2.05, 4.69) is 41.8 Å². The van der Waals surface area contributed by atoms with Crippen molar-refractivity contribution in [3.63, 3.8) is 0 Å². The van der Waals surface area contributed by atoms with Gasteiger partial charge >= 0.3 is 0 Å². The number of benzene rings is 4. The number of amides is 2. The van der Waals surface area contributed by atoms with Crippen LogP contribution in [0.3, 0.4) is 0 Å². The van der Waals surface area contributed by atoms with Crippen LogP contribution in [0.2, 0.25) is 0 Å². The fraction of sp³-hybridized carbons (Fsp3) is 0.121. The highest BCUT2D eigenvalue weighted by atomic mass is 32.2. The first-order valence-corrected chi connectivity index (χ1v) is 14.6. The van der Waals surface area contributed by atoms with E-state index in [1.807, 2.05) is 86.6 Å². The number of nitrogens with one attached hydrogen (secondary N) is 2. The van der Waals surface area contributed by atoms with Gasteiger partial charge in [-0.1, -0.05) is 77.9 Å². The monoisotopic (exact) mass is 563 g/mol. The third-order valence-electron chi connectivity index (χ3n) is 6.34. The minimum absolute atomic E-state index is 0.141. The number of hydrogen-bond donors (Lipinski definition) is 2. The van der Waals surface area contributed by atoms with Crippen LogP contribution < -0.4 is 10.6 Å². The molecule has 200 valence electrons. The third kappa shape index (κ3) is 6.68. The maximum atomic E-state index is 13.6. The van der Waals surface area contributed by atoms with Crippen LogP contribution in [-0.4, -0.2) is 16.8 Å². The van der Waals surface area contributed by atoms with Gasteiger partial charge in [0, 0.05) is 26.6 Å². The van der Waals surface area contributed by atoms with Crippen LogP contribution in [0.25, 0.3) is 11.3 Å². The number of aryl methyl sites for hydroxylation is 3. The lowest BCUT2D eigenvalue weighted by Gasteiger charge is -2.16. The second-order valence-electron chi connectivity index (χ2n) is 9.54. The maximum absolute atomic E-state index is 13.6.